The van der Waals surface area contributed by atoms with Crippen molar-refractivity contribution in [1.82, 2.24) is 0 Å². The molecule has 7 nitrogen and oxygen atoms in total. The third kappa shape index (κ3) is 4.05. The Morgan fingerprint density at radius 3 is 2.56 bits per heavy atom. The molecule has 0 aliphatic carbocycles. The molecule has 0 aliphatic heterocycles. The minimum atomic E-state index is -1.53. The normalized spacial score (nSPS) is 10.2. The van der Waals surface area contributed by atoms with Crippen LogP contribution in [0.15, 0.2) is 36.4 Å². The zero-order valence-electron chi connectivity index (χ0n) is 9.07. The Hall–Kier alpha value is -2.70. The lowest BCUT2D eigenvalue weighted by Gasteiger charge is -2.03. The smallest absolute Gasteiger partial charge is 0.331 e. The Morgan fingerprint density at radius 1 is 1.28 bits per heavy atom. The fraction of sp³-hybridized carbons (Fsp3) is 0.0909. The molecule has 0 N–H and O–H groups in total. The van der Waals surface area contributed by atoms with Crippen molar-refractivity contribution in [2.75, 3.05) is 0 Å². The van der Waals surface area contributed by atoms with E-state index in [9.17, 15) is 24.8 Å². The highest BCUT2D eigenvalue weighted by Crippen LogP contribution is 2.18. The number of rotatable bonds is 5. The van der Waals surface area contributed by atoms with E-state index in [1.54, 1.807) is 6.07 Å². The lowest BCUT2D eigenvalue weighted by molar-refractivity contribution is -0.385. The Balaban J connectivity index is 2.67. The van der Waals surface area contributed by atoms with Crippen molar-refractivity contribution in [2.24, 2.45) is 0 Å². The van der Waals surface area contributed by atoms with E-state index in [0.717, 1.165) is 0 Å². The van der Waals surface area contributed by atoms with E-state index < -0.39 is 16.9 Å². The zero-order valence-corrected chi connectivity index (χ0v) is 9.07. The van der Waals surface area contributed by atoms with Gasteiger partial charge >= 0.3 is 5.97 Å². The van der Waals surface area contributed by atoms with Crippen LogP contribution in [0.25, 0.3) is 0 Å². The van der Waals surface area contributed by atoms with Crippen LogP contribution >= 0.6 is 0 Å². The van der Waals surface area contributed by atoms with E-state index in [1.165, 1.54) is 18.2 Å². The monoisotopic (exact) mass is 250 g/mol. The van der Waals surface area contributed by atoms with Gasteiger partial charge in [0.25, 0.3) is 5.69 Å². The highest BCUT2D eigenvalue weighted by atomic mass is 16.6. The largest absolute Gasteiger partial charge is 0.545 e. The number of nitro benzene ring substituents is 1. The standard InChI is InChI=1S/C11H9NO6/c13-10(14)5-6-11(15)18-7-8-3-1-2-4-9(8)12(16)17/h1-6H,7H2,(H,13,14)/p-1/b6-5-. The van der Waals surface area contributed by atoms with Gasteiger partial charge in [0.15, 0.2) is 0 Å². The number of carboxylic acid groups (broad SMARTS) is 1. The lowest BCUT2D eigenvalue weighted by Crippen LogP contribution is -2.19. The maximum Gasteiger partial charge on any atom is 0.331 e. The number of para-hydroxylation sites is 1. The first-order valence-electron chi connectivity index (χ1n) is 4.79. The number of hydrogen-bond donors (Lipinski definition) is 0. The Bertz CT molecular complexity index is 508. The van der Waals surface area contributed by atoms with Gasteiger partial charge in [-0.1, -0.05) is 12.1 Å². The molecule has 1 aromatic carbocycles. The molecular weight excluding hydrogens is 242 g/mol. The molecule has 0 amide bonds. The Labute approximate surface area is 101 Å². The summed E-state index contributed by atoms with van der Waals surface area (Å²) in [5, 5.41) is 20.7. The molecule has 0 aliphatic rings. The fourth-order valence-corrected chi connectivity index (χ4v) is 1.14. The van der Waals surface area contributed by atoms with Crippen LogP contribution in [0.5, 0.6) is 0 Å². The third-order valence-electron chi connectivity index (χ3n) is 1.91. The van der Waals surface area contributed by atoms with Crippen LogP contribution in [0.4, 0.5) is 5.69 Å². The van der Waals surface area contributed by atoms with E-state index in [0.29, 0.717) is 12.2 Å². The van der Waals surface area contributed by atoms with Gasteiger partial charge in [-0.3, -0.25) is 10.1 Å². The summed E-state index contributed by atoms with van der Waals surface area (Å²) < 4.78 is 4.65. The maximum absolute atomic E-state index is 11.0. The van der Waals surface area contributed by atoms with Crippen LogP contribution in [-0.4, -0.2) is 16.9 Å². The molecule has 94 valence electrons. The predicted molar refractivity (Wildman–Crippen MR) is 57.0 cm³/mol. The van der Waals surface area contributed by atoms with Crippen LogP contribution < -0.4 is 5.11 Å². The average Bonchev–Trinajstić information content (AvgIpc) is 2.34. The molecule has 0 unspecified atom stereocenters. The van der Waals surface area contributed by atoms with Crippen LogP contribution in [0.2, 0.25) is 0 Å². The van der Waals surface area contributed by atoms with E-state index in [1.807, 2.05) is 0 Å². The first kappa shape index (κ1) is 13.4. The summed E-state index contributed by atoms with van der Waals surface area (Å²) in [5.74, 6) is -2.45. The summed E-state index contributed by atoms with van der Waals surface area (Å²) in [6.45, 7) is -0.312. The minimum Gasteiger partial charge on any atom is -0.545 e. The first-order chi connectivity index (χ1) is 8.50. The first-order valence-corrected chi connectivity index (χ1v) is 4.79. The Morgan fingerprint density at radius 2 is 1.94 bits per heavy atom. The van der Waals surface area contributed by atoms with Crippen LogP contribution in [0, 0.1) is 10.1 Å². The van der Waals surface area contributed by atoms with Gasteiger partial charge in [-0.2, -0.15) is 0 Å². The highest BCUT2D eigenvalue weighted by molar-refractivity contribution is 5.89. The number of nitro groups is 1. The summed E-state index contributed by atoms with van der Waals surface area (Å²) in [6, 6.07) is 5.76. The van der Waals surface area contributed by atoms with E-state index in [-0.39, 0.29) is 17.9 Å². The summed E-state index contributed by atoms with van der Waals surface area (Å²) in [6.07, 6.45) is 1.19. The van der Waals surface area contributed by atoms with Crippen molar-refractivity contribution >= 4 is 17.6 Å². The molecular formula is C11H8NO6-. The van der Waals surface area contributed by atoms with E-state index in [2.05, 4.69) is 4.74 Å². The topological polar surface area (TPSA) is 110 Å². The number of benzene rings is 1. The van der Waals surface area contributed by atoms with Crippen molar-refractivity contribution in [3.63, 3.8) is 0 Å². The molecule has 18 heavy (non-hydrogen) atoms. The molecule has 0 saturated heterocycles. The van der Waals surface area contributed by atoms with Gasteiger partial charge in [0.1, 0.15) is 6.61 Å². The molecule has 0 saturated carbocycles. The number of carbonyl (C=O) groups excluding carboxylic acids is 2. The molecule has 0 spiro atoms. The molecule has 0 fully saturated rings. The van der Waals surface area contributed by atoms with Gasteiger partial charge in [0.2, 0.25) is 0 Å². The van der Waals surface area contributed by atoms with Crippen molar-refractivity contribution in [1.29, 1.82) is 0 Å². The molecule has 0 bridgehead atoms. The van der Waals surface area contributed by atoms with E-state index >= 15 is 0 Å². The molecule has 0 radical (unpaired) electrons. The minimum absolute atomic E-state index is 0.172. The summed E-state index contributed by atoms with van der Waals surface area (Å²) in [5.41, 5.74) is 0.0480. The van der Waals surface area contributed by atoms with Crippen molar-refractivity contribution in [3.8, 4) is 0 Å². The number of nitrogens with zero attached hydrogens (tertiary/aromatic N) is 1. The van der Waals surface area contributed by atoms with Gasteiger partial charge in [-0.15, -0.1) is 0 Å². The van der Waals surface area contributed by atoms with Crippen molar-refractivity contribution in [3.05, 3.63) is 52.1 Å². The number of aliphatic carboxylic acids is 1. The maximum atomic E-state index is 11.0. The van der Waals surface area contributed by atoms with Crippen molar-refractivity contribution in [2.45, 2.75) is 6.61 Å². The number of ether oxygens (including phenoxy) is 1. The molecule has 1 rings (SSSR count). The predicted octanol–water partition coefficient (Wildman–Crippen LogP) is -0.0559. The van der Waals surface area contributed by atoms with Gasteiger partial charge < -0.3 is 14.6 Å². The van der Waals surface area contributed by atoms with Crippen LogP contribution in [-0.2, 0) is 20.9 Å². The van der Waals surface area contributed by atoms with E-state index in [4.69, 9.17) is 0 Å². The zero-order chi connectivity index (χ0) is 13.5. The van der Waals surface area contributed by atoms with Crippen LogP contribution in [0.3, 0.4) is 0 Å². The molecule has 0 heterocycles. The molecule has 0 atom stereocenters. The highest BCUT2D eigenvalue weighted by Gasteiger charge is 2.13. The second-order valence-electron chi connectivity index (χ2n) is 3.15. The van der Waals surface area contributed by atoms with Gasteiger partial charge in [0, 0.05) is 12.1 Å². The SMILES string of the molecule is O=C([O-])/C=C\C(=O)OCc1ccccc1[N+](=O)[O-]. The Kier molecular flexibility index (Phi) is 4.56. The molecule has 1 aromatic rings. The molecule has 0 aromatic heterocycles. The summed E-state index contributed by atoms with van der Waals surface area (Å²) in [4.78, 5) is 31.1. The van der Waals surface area contributed by atoms with Crippen molar-refractivity contribution < 1.29 is 24.4 Å². The average molecular weight is 250 g/mol. The second-order valence-corrected chi connectivity index (χ2v) is 3.15. The molecule has 7 heteroatoms. The summed E-state index contributed by atoms with van der Waals surface area (Å²) >= 11 is 0. The number of hydrogen-bond acceptors (Lipinski definition) is 6. The number of carboxylic acids is 1. The second kappa shape index (κ2) is 6.14. The lowest BCUT2D eigenvalue weighted by atomic mass is 10.2. The van der Waals surface area contributed by atoms with Gasteiger partial charge in [-0.25, -0.2) is 4.79 Å². The summed E-state index contributed by atoms with van der Waals surface area (Å²) in [7, 11) is 0. The fourth-order valence-electron chi connectivity index (χ4n) is 1.14. The van der Waals surface area contributed by atoms with Gasteiger partial charge in [0.05, 0.1) is 16.5 Å². The number of carbonyl (C=O) groups is 2. The number of esters is 1. The quantitative estimate of drug-likeness (QED) is 0.313. The van der Waals surface area contributed by atoms with Crippen LogP contribution in [0.1, 0.15) is 5.56 Å². The van der Waals surface area contributed by atoms with Gasteiger partial charge in [-0.05, 0) is 12.1 Å². The third-order valence-corrected chi connectivity index (χ3v) is 1.91.